The molecule has 0 aliphatic carbocycles. The van der Waals surface area contributed by atoms with Crippen molar-refractivity contribution in [2.24, 2.45) is 5.73 Å². The summed E-state index contributed by atoms with van der Waals surface area (Å²) in [5, 5.41) is 0. The van der Waals surface area contributed by atoms with Crippen LogP contribution < -0.4 is 5.73 Å². The molecule has 2 unspecified atom stereocenters. The maximum Gasteiger partial charge on any atom is 0.472 e. The molecule has 0 aromatic rings. The lowest BCUT2D eigenvalue weighted by Crippen LogP contribution is -2.29. The molecule has 0 saturated carbocycles. The first-order valence-corrected chi connectivity index (χ1v) is 34.2. The second-order valence-electron chi connectivity index (χ2n) is 21.6. The Balaban J connectivity index is 3.93. The lowest BCUT2D eigenvalue weighted by Gasteiger charge is -2.19. The van der Waals surface area contributed by atoms with Crippen LogP contribution in [0.25, 0.3) is 0 Å². The first-order valence-electron chi connectivity index (χ1n) is 32.7. The molecule has 0 spiro atoms. The molecule has 0 aliphatic rings. The number of carbonyl (C=O) groups excluding carboxylic acids is 2. The Morgan fingerprint density at radius 3 is 1.04 bits per heavy atom. The number of allylic oxidation sites excluding steroid dienone is 16. The topological polar surface area (TPSA) is 134 Å². The summed E-state index contributed by atoms with van der Waals surface area (Å²) in [4.78, 5) is 35.3. The van der Waals surface area contributed by atoms with E-state index in [2.05, 4.69) is 111 Å². The summed E-state index contributed by atoms with van der Waals surface area (Å²) in [6.07, 6.45) is 86.2. The number of phosphoric ester groups is 1. The Bertz CT molecular complexity index is 1610. The number of esters is 2. The zero-order valence-electron chi connectivity index (χ0n) is 51.1. The first-order chi connectivity index (χ1) is 38.8. The minimum Gasteiger partial charge on any atom is -0.462 e. The molecule has 0 saturated heterocycles. The third-order valence-corrected chi connectivity index (χ3v) is 14.9. The molecule has 0 heterocycles. The van der Waals surface area contributed by atoms with Crippen molar-refractivity contribution in [1.29, 1.82) is 0 Å². The van der Waals surface area contributed by atoms with Crippen molar-refractivity contribution in [3.63, 3.8) is 0 Å². The molecule has 0 aliphatic heterocycles. The van der Waals surface area contributed by atoms with E-state index in [0.29, 0.717) is 6.42 Å². The molecule has 79 heavy (non-hydrogen) atoms. The van der Waals surface area contributed by atoms with Crippen molar-refractivity contribution in [1.82, 2.24) is 0 Å². The monoisotopic (exact) mass is 1120 g/mol. The highest BCUT2D eigenvalue weighted by atomic mass is 31.2. The van der Waals surface area contributed by atoms with Gasteiger partial charge in [-0.2, -0.15) is 0 Å². The van der Waals surface area contributed by atoms with Crippen LogP contribution in [0.4, 0.5) is 0 Å². The Kier molecular flexibility index (Phi) is 61.6. The third kappa shape index (κ3) is 64.0. The fourth-order valence-corrected chi connectivity index (χ4v) is 9.91. The minimum absolute atomic E-state index is 0.0503. The van der Waals surface area contributed by atoms with Crippen LogP contribution in [0.5, 0.6) is 0 Å². The van der Waals surface area contributed by atoms with E-state index in [1.807, 2.05) is 0 Å². The summed E-state index contributed by atoms with van der Waals surface area (Å²) in [6, 6.07) is 0. The van der Waals surface area contributed by atoms with Crippen molar-refractivity contribution in [2.75, 3.05) is 26.4 Å². The summed E-state index contributed by atoms with van der Waals surface area (Å²) in [5.74, 6) is -0.824. The summed E-state index contributed by atoms with van der Waals surface area (Å²) < 4.78 is 33.1. The van der Waals surface area contributed by atoms with Crippen LogP contribution in [0.3, 0.4) is 0 Å². The number of ether oxygens (including phenoxy) is 2. The van der Waals surface area contributed by atoms with E-state index in [0.717, 1.165) is 83.5 Å². The molecule has 9 nitrogen and oxygen atoms in total. The lowest BCUT2D eigenvalue weighted by atomic mass is 10.0. The number of unbranched alkanes of at least 4 members (excludes halogenated alkanes) is 32. The van der Waals surface area contributed by atoms with Gasteiger partial charge in [0, 0.05) is 19.4 Å². The Hall–Kier alpha value is -3.07. The molecule has 0 aromatic carbocycles. The maximum absolute atomic E-state index is 12.7. The Morgan fingerprint density at radius 2 is 0.696 bits per heavy atom. The van der Waals surface area contributed by atoms with E-state index in [9.17, 15) is 19.0 Å². The Morgan fingerprint density at radius 1 is 0.392 bits per heavy atom. The number of nitrogens with two attached hydrogens (primary N) is 1. The second-order valence-corrected chi connectivity index (χ2v) is 23.1. The highest BCUT2D eigenvalue weighted by Gasteiger charge is 2.26. The molecule has 456 valence electrons. The van der Waals surface area contributed by atoms with E-state index in [4.69, 9.17) is 24.3 Å². The van der Waals surface area contributed by atoms with Gasteiger partial charge in [0.05, 0.1) is 13.2 Å². The smallest absolute Gasteiger partial charge is 0.462 e. The van der Waals surface area contributed by atoms with Crippen LogP contribution >= 0.6 is 7.82 Å². The summed E-state index contributed by atoms with van der Waals surface area (Å²) >= 11 is 0. The van der Waals surface area contributed by atoms with Gasteiger partial charge in [-0.1, -0.05) is 284 Å². The number of hydrogen-bond acceptors (Lipinski definition) is 8. The zero-order valence-corrected chi connectivity index (χ0v) is 52.0. The maximum atomic E-state index is 12.7. The molecule has 0 bridgehead atoms. The van der Waals surface area contributed by atoms with Crippen molar-refractivity contribution in [3.05, 3.63) is 97.2 Å². The van der Waals surface area contributed by atoms with Gasteiger partial charge in [-0.15, -0.1) is 0 Å². The molecule has 0 fully saturated rings. The van der Waals surface area contributed by atoms with Crippen molar-refractivity contribution < 1.29 is 37.6 Å². The minimum atomic E-state index is -4.40. The third-order valence-electron chi connectivity index (χ3n) is 14.0. The van der Waals surface area contributed by atoms with Crippen LogP contribution in [0.15, 0.2) is 97.2 Å². The summed E-state index contributed by atoms with van der Waals surface area (Å²) in [7, 11) is -4.40. The van der Waals surface area contributed by atoms with Gasteiger partial charge in [0.15, 0.2) is 6.10 Å². The van der Waals surface area contributed by atoms with Crippen LogP contribution in [-0.2, 0) is 32.7 Å². The molecular formula is C69H122NO8P. The van der Waals surface area contributed by atoms with E-state index in [1.54, 1.807) is 0 Å². The largest absolute Gasteiger partial charge is 0.472 e. The van der Waals surface area contributed by atoms with Crippen LogP contribution in [0.2, 0.25) is 0 Å². The normalized spacial score (nSPS) is 13.6. The van der Waals surface area contributed by atoms with Gasteiger partial charge in [0.25, 0.3) is 0 Å². The number of hydrogen-bond donors (Lipinski definition) is 2. The van der Waals surface area contributed by atoms with E-state index in [1.165, 1.54) is 180 Å². The second kappa shape index (κ2) is 64.1. The molecule has 0 aromatic heterocycles. The van der Waals surface area contributed by atoms with Crippen LogP contribution in [0.1, 0.15) is 296 Å². The highest BCUT2D eigenvalue weighted by molar-refractivity contribution is 7.47. The van der Waals surface area contributed by atoms with Gasteiger partial charge < -0.3 is 20.1 Å². The van der Waals surface area contributed by atoms with Gasteiger partial charge in [-0.3, -0.25) is 18.6 Å². The average molecular weight is 1120 g/mol. The van der Waals surface area contributed by atoms with Gasteiger partial charge >= 0.3 is 19.8 Å². The molecule has 10 heteroatoms. The van der Waals surface area contributed by atoms with Gasteiger partial charge in [0.1, 0.15) is 6.61 Å². The SMILES string of the molecule is CC/C=C\C/C=C\C/C=C\C/C=C\C/C=C\C/C=C\CCCCCCCCCCCCCCC(=O)OC(COC(=O)CCCCCCCCCCCCCCCCC/C=C\C/C=C\CCCCCCC)COP(=O)(O)OCCN. The van der Waals surface area contributed by atoms with E-state index >= 15 is 0 Å². The molecular weight excluding hydrogens is 1000 g/mol. The average Bonchev–Trinajstić information content (AvgIpc) is 3.44. The first kappa shape index (κ1) is 75.9. The van der Waals surface area contributed by atoms with E-state index < -0.39 is 26.5 Å². The fourth-order valence-electron chi connectivity index (χ4n) is 9.14. The molecule has 0 rings (SSSR count). The number of rotatable bonds is 61. The zero-order chi connectivity index (χ0) is 57.3. The van der Waals surface area contributed by atoms with Crippen molar-refractivity contribution in [2.45, 2.75) is 302 Å². The predicted molar refractivity (Wildman–Crippen MR) is 339 cm³/mol. The van der Waals surface area contributed by atoms with Gasteiger partial charge in [0.2, 0.25) is 0 Å². The molecule has 0 amide bonds. The van der Waals surface area contributed by atoms with E-state index in [-0.39, 0.29) is 38.6 Å². The van der Waals surface area contributed by atoms with Crippen molar-refractivity contribution >= 4 is 19.8 Å². The van der Waals surface area contributed by atoms with Crippen LogP contribution in [0, 0.1) is 0 Å². The lowest BCUT2D eigenvalue weighted by molar-refractivity contribution is -0.161. The summed E-state index contributed by atoms with van der Waals surface area (Å²) in [6.45, 7) is 3.65. The Labute approximate surface area is 486 Å². The standard InChI is InChI=1S/C69H122NO8P/c1-3-5-7-9-11-13-15-17-19-21-23-25-27-29-31-32-33-34-36-38-40-42-44-46-48-50-52-54-56-58-60-62-69(72)78-67(66-77-79(73,74)76-64-63-70)65-75-68(71)61-59-57-55-53-51-49-47-45-43-41-39-37-35-30-28-26-24-22-20-18-16-14-12-10-8-6-4-2/h5,7,11,13,16-19,22-25,29,31,33-34,67H,3-4,6,8-10,12,14-15,20-21,26-28,30,32,35-66,70H2,1-2H3,(H,73,74)/b7-5-,13-11-,18-16-,19-17-,24-22-,25-23-,31-29-,34-33-. The predicted octanol–water partition coefficient (Wildman–Crippen LogP) is 21.2. The molecule has 0 radical (unpaired) electrons. The van der Waals surface area contributed by atoms with Crippen LogP contribution in [-0.4, -0.2) is 49.3 Å². The number of phosphoric acid groups is 1. The quantitative estimate of drug-likeness (QED) is 0.0264. The molecule has 3 N–H and O–H groups in total. The number of carbonyl (C=O) groups is 2. The van der Waals surface area contributed by atoms with Crippen molar-refractivity contribution in [3.8, 4) is 0 Å². The van der Waals surface area contributed by atoms with Gasteiger partial charge in [-0.05, 0) is 96.3 Å². The fraction of sp³-hybridized carbons (Fsp3) is 0.739. The summed E-state index contributed by atoms with van der Waals surface area (Å²) in [5.41, 5.74) is 5.40. The highest BCUT2D eigenvalue weighted by Crippen LogP contribution is 2.43. The van der Waals surface area contributed by atoms with Gasteiger partial charge in [-0.25, -0.2) is 4.57 Å². The molecule has 2 atom stereocenters.